The molecule has 1 aromatic rings. The Hall–Kier alpha value is -1.43. The lowest BCUT2D eigenvalue weighted by molar-refractivity contribution is -0.120. The Bertz CT molecular complexity index is 297. The number of aryl methyl sites for hydroxylation is 1. The maximum absolute atomic E-state index is 11.0. The van der Waals surface area contributed by atoms with Gasteiger partial charge in [-0.1, -0.05) is 5.16 Å². The maximum Gasteiger partial charge on any atom is 0.228 e. The van der Waals surface area contributed by atoms with E-state index in [1.54, 1.807) is 6.92 Å². The fraction of sp³-hybridized carbons (Fsp3) is 0.625. The SMILES string of the molecule is Cc1noc(CCNC(=O)CCN)n1. The van der Waals surface area contributed by atoms with Crippen molar-refractivity contribution in [3.8, 4) is 0 Å². The summed E-state index contributed by atoms with van der Waals surface area (Å²) in [4.78, 5) is 15.0. The normalized spacial score (nSPS) is 10.1. The van der Waals surface area contributed by atoms with Crippen LogP contribution in [-0.2, 0) is 11.2 Å². The van der Waals surface area contributed by atoms with Crippen LogP contribution >= 0.6 is 0 Å². The van der Waals surface area contributed by atoms with Crippen LogP contribution in [0.2, 0.25) is 0 Å². The topological polar surface area (TPSA) is 94.0 Å². The lowest BCUT2D eigenvalue weighted by atomic mass is 10.3. The maximum atomic E-state index is 11.0. The smallest absolute Gasteiger partial charge is 0.228 e. The average molecular weight is 198 g/mol. The molecule has 0 bridgehead atoms. The summed E-state index contributed by atoms with van der Waals surface area (Å²) in [5, 5.41) is 6.33. The van der Waals surface area contributed by atoms with Gasteiger partial charge in [-0.15, -0.1) is 0 Å². The van der Waals surface area contributed by atoms with Crippen LogP contribution in [0.15, 0.2) is 4.52 Å². The third-order valence-corrected chi connectivity index (χ3v) is 1.60. The molecule has 0 aromatic carbocycles. The van der Waals surface area contributed by atoms with Crippen LogP contribution in [0.4, 0.5) is 0 Å². The van der Waals surface area contributed by atoms with E-state index in [1.165, 1.54) is 0 Å². The van der Waals surface area contributed by atoms with Crippen molar-refractivity contribution in [1.82, 2.24) is 15.5 Å². The number of rotatable bonds is 5. The average Bonchev–Trinajstić information content (AvgIpc) is 2.52. The van der Waals surface area contributed by atoms with Crippen LogP contribution in [0.1, 0.15) is 18.1 Å². The standard InChI is InChI=1S/C8H14N4O2/c1-6-11-8(14-12-6)3-5-10-7(13)2-4-9/h2-5,9H2,1H3,(H,10,13). The molecular weight excluding hydrogens is 184 g/mol. The van der Waals surface area contributed by atoms with E-state index in [0.29, 0.717) is 37.6 Å². The van der Waals surface area contributed by atoms with Gasteiger partial charge in [0.1, 0.15) is 0 Å². The first-order chi connectivity index (χ1) is 6.72. The summed E-state index contributed by atoms with van der Waals surface area (Å²) in [6.45, 7) is 2.62. The summed E-state index contributed by atoms with van der Waals surface area (Å²) in [5.41, 5.74) is 5.21. The highest BCUT2D eigenvalue weighted by molar-refractivity contribution is 5.75. The first-order valence-electron chi connectivity index (χ1n) is 4.48. The van der Waals surface area contributed by atoms with Gasteiger partial charge in [0, 0.05) is 25.9 Å². The van der Waals surface area contributed by atoms with Gasteiger partial charge < -0.3 is 15.6 Å². The van der Waals surface area contributed by atoms with E-state index in [9.17, 15) is 4.79 Å². The van der Waals surface area contributed by atoms with Crippen LogP contribution in [0.5, 0.6) is 0 Å². The number of hydrogen-bond acceptors (Lipinski definition) is 5. The molecule has 1 heterocycles. The van der Waals surface area contributed by atoms with Gasteiger partial charge in [0.05, 0.1) is 0 Å². The van der Waals surface area contributed by atoms with Crippen LogP contribution in [-0.4, -0.2) is 29.1 Å². The van der Waals surface area contributed by atoms with Gasteiger partial charge in [-0.05, 0) is 6.92 Å². The second kappa shape index (κ2) is 5.33. The van der Waals surface area contributed by atoms with Gasteiger partial charge in [-0.3, -0.25) is 4.79 Å². The highest BCUT2D eigenvalue weighted by atomic mass is 16.5. The Morgan fingerprint density at radius 1 is 1.64 bits per heavy atom. The minimum Gasteiger partial charge on any atom is -0.356 e. The minimum absolute atomic E-state index is 0.0521. The summed E-state index contributed by atoms with van der Waals surface area (Å²) in [7, 11) is 0. The Morgan fingerprint density at radius 2 is 2.43 bits per heavy atom. The minimum atomic E-state index is -0.0521. The van der Waals surface area contributed by atoms with Gasteiger partial charge in [0.15, 0.2) is 5.82 Å². The molecular formula is C8H14N4O2. The fourth-order valence-electron chi connectivity index (χ4n) is 0.970. The molecule has 0 saturated carbocycles. The van der Waals surface area contributed by atoms with E-state index in [-0.39, 0.29) is 5.91 Å². The van der Waals surface area contributed by atoms with E-state index in [1.807, 2.05) is 0 Å². The van der Waals surface area contributed by atoms with Crippen LogP contribution in [0.3, 0.4) is 0 Å². The monoisotopic (exact) mass is 198 g/mol. The molecule has 0 radical (unpaired) electrons. The Morgan fingerprint density at radius 3 is 3.00 bits per heavy atom. The molecule has 78 valence electrons. The molecule has 1 rings (SSSR count). The second-order valence-corrected chi connectivity index (χ2v) is 2.87. The van der Waals surface area contributed by atoms with E-state index < -0.39 is 0 Å². The molecule has 6 heteroatoms. The molecule has 0 aliphatic heterocycles. The zero-order valence-corrected chi connectivity index (χ0v) is 8.12. The van der Waals surface area contributed by atoms with Crippen molar-refractivity contribution in [3.63, 3.8) is 0 Å². The van der Waals surface area contributed by atoms with Crippen LogP contribution < -0.4 is 11.1 Å². The summed E-state index contributed by atoms with van der Waals surface area (Å²) in [6.07, 6.45) is 0.903. The third-order valence-electron chi connectivity index (χ3n) is 1.60. The molecule has 3 N–H and O–H groups in total. The van der Waals surface area contributed by atoms with Crippen LogP contribution in [0.25, 0.3) is 0 Å². The predicted octanol–water partition coefficient (Wildman–Crippen LogP) is -0.614. The Labute approximate surface area is 81.9 Å². The number of carbonyl (C=O) groups is 1. The molecule has 0 aliphatic carbocycles. The number of hydrogen-bond donors (Lipinski definition) is 2. The predicted molar refractivity (Wildman–Crippen MR) is 49.4 cm³/mol. The third kappa shape index (κ3) is 3.53. The van der Waals surface area contributed by atoms with Gasteiger partial charge in [-0.25, -0.2) is 0 Å². The van der Waals surface area contributed by atoms with Crippen molar-refractivity contribution >= 4 is 5.91 Å². The lowest BCUT2D eigenvalue weighted by Crippen LogP contribution is -2.27. The molecule has 0 saturated heterocycles. The number of nitrogens with one attached hydrogen (secondary N) is 1. The first-order valence-corrected chi connectivity index (χ1v) is 4.48. The molecule has 14 heavy (non-hydrogen) atoms. The van der Waals surface area contributed by atoms with Crippen molar-refractivity contribution < 1.29 is 9.32 Å². The number of nitrogens with two attached hydrogens (primary N) is 1. The number of carbonyl (C=O) groups excluding carboxylic acids is 1. The largest absolute Gasteiger partial charge is 0.356 e. The lowest BCUT2D eigenvalue weighted by Gasteiger charge is -2.00. The van der Waals surface area contributed by atoms with Crippen molar-refractivity contribution in [3.05, 3.63) is 11.7 Å². The van der Waals surface area contributed by atoms with Crippen molar-refractivity contribution in [2.75, 3.05) is 13.1 Å². The van der Waals surface area contributed by atoms with Crippen molar-refractivity contribution in [2.45, 2.75) is 19.8 Å². The van der Waals surface area contributed by atoms with Crippen LogP contribution in [0, 0.1) is 6.92 Å². The van der Waals surface area contributed by atoms with Gasteiger partial charge in [0.25, 0.3) is 0 Å². The highest BCUT2D eigenvalue weighted by Gasteiger charge is 2.03. The Kier molecular flexibility index (Phi) is 4.06. The van der Waals surface area contributed by atoms with Crippen molar-refractivity contribution in [2.24, 2.45) is 5.73 Å². The molecule has 0 aliphatic rings. The van der Waals surface area contributed by atoms with Gasteiger partial charge in [-0.2, -0.15) is 4.98 Å². The Balaban J connectivity index is 2.18. The zero-order chi connectivity index (χ0) is 10.4. The molecule has 1 aromatic heterocycles. The molecule has 1 amide bonds. The summed E-state index contributed by atoms with van der Waals surface area (Å²) in [6, 6.07) is 0. The molecule has 0 fully saturated rings. The van der Waals surface area contributed by atoms with Gasteiger partial charge >= 0.3 is 0 Å². The fourth-order valence-corrected chi connectivity index (χ4v) is 0.970. The summed E-state index contributed by atoms with van der Waals surface area (Å²) < 4.78 is 4.87. The summed E-state index contributed by atoms with van der Waals surface area (Å²) >= 11 is 0. The molecule has 0 spiro atoms. The summed E-state index contributed by atoms with van der Waals surface area (Å²) in [5.74, 6) is 1.09. The van der Waals surface area contributed by atoms with E-state index >= 15 is 0 Å². The number of nitrogens with zero attached hydrogens (tertiary/aromatic N) is 2. The van der Waals surface area contributed by atoms with E-state index in [2.05, 4.69) is 15.5 Å². The highest BCUT2D eigenvalue weighted by Crippen LogP contribution is 1.95. The van der Waals surface area contributed by atoms with E-state index in [4.69, 9.17) is 10.3 Å². The van der Waals surface area contributed by atoms with Gasteiger partial charge in [0.2, 0.25) is 11.8 Å². The molecule has 0 unspecified atom stereocenters. The number of aromatic nitrogens is 2. The number of amides is 1. The molecule has 6 nitrogen and oxygen atoms in total. The zero-order valence-electron chi connectivity index (χ0n) is 8.12. The second-order valence-electron chi connectivity index (χ2n) is 2.87. The first kappa shape index (κ1) is 10.6. The van der Waals surface area contributed by atoms with E-state index in [0.717, 1.165) is 0 Å². The molecule has 0 atom stereocenters. The quantitative estimate of drug-likeness (QED) is 0.658. The van der Waals surface area contributed by atoms with Crippen molar-refractivity contribution in [1.29, 1.82) is 0 Å².